The van der Waals surface area contributed by atoms with Gasteiger partial charge in [-0.25, -0.2) is 8.93 Å². The molecule has 1 aromatic heterocycles. The van der Waals surface area contributed by atoms with Gasteiger partial charge in [-0.15, -0.1) is 0 Å². The van der Waals surface area contributed by atoms with Crippen molar-refractivity contribution in [3.63, 3.8) is 0 Å². The van der Waals surface area contributed by atoms with Crippen molar-refractivity contribution in [3.05, 3.63) is 28.5 Å². The van der Waals surface area contributed by atoms with E-state index in [-0.39, 0.29) is 6.04 Å². The third kappa shape index (κ3) is 7.41. The number of nitrogens with one attached hydrogen (secondary N) is 1. The van der Waals surface area contributed by atoms with Crippen LogP contribution in [-0.4, -0.2) is 14.9 Å². The van der Waals surface area contributed by atoms with E-state index in [2.05, 4.69) is 64.9 Å². The molecular formula is C13H16BrIN2OS2. The summed E-state index contributed by atoms with van der Waals surface area (Å²) >= 11 is 5.55. The van der Waals surface area contributed by atoms with Gasteiger partial charge in [-0.2, -0.15) is 0 Å². The molecule has 0 aliphatic carbocycles. The molecular weight excluding hydrogens is 471 g/mol. The minimum Gasteiger partial charge on any atom is -0.263 e. The Morgan fingerprint density at radius 2 is 2.40 bits per heavy atom. The van der Waals surface area contributed by atoms with Crippen molar-refractivity contribution >= 4 is 57.1 Å². The van der Waals surface area contributed by atoms with Crippen LogP contribution in [0.4, 0.5) is 0 Å². The molecule has 110 valence electrons. The van der Waals surface area contributed by atoms with Crippen molar-refractivity contribution in [2.24, 2.45) is 0 Å². The fourth-order valence-electron chi connectivity index (χ4n) is 1.51. The van der Waals surface area contributed by atoms with Gasteiger partial charge in [0, 0.05) is 50.2 Å². The molecule has 2 atom stereocenters. The standard InChI is InChI=1S/C13H16BrIN2OS2/c1-2-3-7-20(18)17-13(5-4-6-19-15)11-8-12(14)10-16-9-11/h8-10,13,17H,2-3,5,7H2,1H3. The molecule has 1 N–H and O–H groups in total. The van der Waals surface area contributed by atoms with Crippen molar-refractivity contribution < 1.29 is 4.21 Å². The summed E-state index contributed by atoms with van der Waals surface area (Å²) in [7, 11) is 0.423. The molecule has 0 aliphatic heterocycles. The first-order valence-electron chi connectivity index (χ1n) is 6.17. The maximum absolute atomic E-state index is 12.0. The van der Waals surface area contributed by atoms with Crippen molar-refractivity contribution in [1.82, 2.24) is 9.71 Å². The first-order chi connectivity index (χ1) is 9.67. The van der Waals surface area contributed by atoms with Crippen LogP contribution < -0.4 is 4.72 Å². The minimum absolute atomic E-state index is 0.0614. The number of rotatable bonds is 7. The molecule has 0 bridgehead atoms. The topological polar surface area (TPSA) is 42.0 Å². The molecule has 0 aliphatic rings. The van der Waals surface area contributed by atoms with Gasteiger partial charge >= 0.3 is 0 Å². The SMILES string of the molecule is CCCCS(=O)NC(CC#CSI)c1cncc(Br)c1. The zero-order chi connectivity index (χ0) is 14.8. The van der Waals surface area contributed by atoms with E-state index in [0.29, 0.717) is 12.2 Å². The van der Waals surface area contributed by atoms with Crippen LogP contribution in [0.3, 0.4) is 0 Å². The fourth-order valence-corrected chi connectivity index (χ4v) is 3.70. The number of halogens is 2. The molecule has 3 nitrogen and oxygen atoms in total. The Labute approximate surface area is 147 Å². The van der Waals surface area contributed by atoms with Gasteiger partial charge in [0.2, 0.25) is 0 Å². The van der Waals surface area contributed by atoms with Crippen molar-refractivity contribution in [3.8, 4) is 11.2 Å². The third-order valence-electron chi connectivity index (χ3n) is 2.50. The van der Waals surface area contributed by atoms with Crippen LogP contribution in [0.5, 0.6) is 0 Å². The van der Waals surface area contributed by atoms with E-state index in [1.807, 2.05) is 6.07 Å². The monoisotopic (exact) mass is 486 g/mol. The van der Waals surface area contributed by atoms with E-state index >= 15 is 0 Å². The van der Waals surface area contributed by atoms with Crippen molar-refractivity contribution in [2.45, 2.75) is 32.2 Å². The molecule has 1 aromatic rings. The van der Waals surface area contributed by atoms with Gasteiger partial charge in [0.05, 0.1) is 17.0 Å². The van der Waals surface area contributed by atoms with Crippen LogP contribution in [-0.2, 0) is 11.0 Å². The summed E-state index contributed by atoms with van der Waals surface area (Å²) in [5, 5.41) is 2.96. The summed E-state index contributed by atoms with van der Waals surface area (Å²) in [5.74, 6) is 3.75. The second kappa shape index (κ2) is 11.0. The van der Waals surface area contributed by atoms with Gasteiger partial charge in [0.1, 0.15) is 0 Å². The molecule has 7 heteroatoms. The molecule has 0 fully saturated rings. The lowest BCUT2D eigenvalue weighted by molar-refractivity contribution is 0.631. The smallest absolute Gasteiger partial charge is 0.0921 e. The molecule has 0 saturated carbocycles. The molecule has 0 spiro atoms. The molecule has 1 heterocycles. The van der Waals surface area contributed by atoms with E-state index < -0.39 is 11.0 Å². The van der Waals surface area contributed by atoms with Crippen molar-refractivity contribution in [2.75, 3.05) is 5.75 Å². The normalized spacial score (nSPS) is 13.3. The first kappa shape index (κ1) is 18.4. The van der Waals surface area contributed by atoms with Gasteiger partial charge in [-0.05, 0) is 48.2 Å². The van der Waals surface area contributed by atoms with Crippen LogP contribution in [0.25, 0.3) is 0 Å². The van der Waals surface area contributed by atoms with Gasteiger partial charge in [0.25, 0.3) is 0 Å². The molecule has 1 rings (SSSR count). The molecule has 0 saturated heterocycles. The minimum atomic E-state index is -1.03. The Kier molecular flexibility index (Phi) is 10.1. The van der Waals surface area contributed by atoms with Crippen LogP contribution >= 0.6 is 46.1 Å². The van der Waals surface area contributed by atoms with Gasteiger partial charge in [0.15, 0.2) is 0 Å². The van der Waals surface area contributed by atoms with Crippen LogP contribution in [0.15, 0.2) is 22.9 Å². The van der Waals surface area contributed by atoms with Gasteiger partial charge in [-0.1, -0.05) is 19.3 Å². The lowest BCUT2D eigenvalue weighted by atomic mass is 10.1. The molecule has 2 unspecified atom stereocenters. The Morgan fingerprint density at radius 3 is 3.05 bits per heavy atom. The lowest BCUT2D eigenvalue weighted by Gasteiger charge is -2.16. The zero-order valence-electron chi connectivity index (χ0n) is 11.1. The second-order valence-corrected chi connectivity index (χ2v) is 8.00. The third-order valence-corrected chi connectivity index (χ3v) is 5.02. The molecule has 20 heavy (non-hydrogen) atoms. The highest BCUT2D eigenvalue weighted by molar-refractivity contribution is 14.2. The molecule has 0 radical (unpaired) electrons. The summed E-state index contributed by atoms with van der Waals surface area (Å²) in [6, 6.07) is 1.93. The van der Waals surface area contributed by atoms with Crippen LogP contribution in [0, 0.1) is 11.2 Å². The van der Waals surface area contributed by atoms with Crippen LogP contribution in [0.2, 0.25) is 0 Å². The van der Waals surface area contributed by atoms with E-state index in [1.165, 1.54) is 8.93 Å². The summed E-state index contributed by atoms with van der Waals surface area (Å²) in [4.78, 5) is 4.16. The van der Waals surface area contributed by atoms with Gasteiger partial charge < -0.3 is 0 Å². The Morgan fingerprint density at radius 1 is 1.60 bits per heavy atom. The number of unbranched alkanes of at least 4 members (excludes halogenated alkanes) is 1. The maximum atomic E-state index is 12.0. The predicted molar refractivity (Wildman–Crippen MR) is 99.7 cm³/mol. The average Bonchev–Trinajstić information content (AvgIpc) is 2.44. The van der Waals surface area contributed by atoms with E-state index in [0.717, 1.165) is 22.9 Å². The van der Waals surface area contributed by atoms with Gasteiger partial charge in [-0.3, -0.25) is 4.98 Å². The Bertz CT molecular complexity index is 505. The fraction of sp³-hybridized carbons (Fsp3) is 0.462. The number of aromatic nitrogens is 1. The van der Waals surface area contributed by atoms with Crippen molar-refractivity contribution in [1.29, 1.82) is 0 Å². The largest absolute Gasteiger partial charge is 0.263 e. The van der Waals surface area contributed by atoms with E-state index in [4.69, 9.17) is 0 Å². The number of nitrogens with zero attached hydrogens (tertiary/aromatic N) is 1. The highest BCUT2D eigenvalue weighted by Crippen LogP contribution is 2.20. The number of hydrogen-bond acceptors (Lipinski definition) is 3. The second-order valence-electron chi connectivity index (χ2n) is 4.07. The Hall–Kier alpha value is 0.380. The number of pyridine rings is 1. The van der Waals surface area contributed by atoms with Crippen LogP contribution in [0.1, 0.15) is 37.8 Å². The summed E-state index contributed by atoms with van der Waals surface area (Å²) in [6.07, 6.45) is 6.14. The highest BCUT2D eigenvalue weighted by Gasteiger charge is 2.14. The summed E-state index contributed by atoms with van der Waals surface area (Å²) < 4.78 is 16.1. The Balaban J connectivity index is 2.77. The first-order valence-corrected chi connectivity index (χ1v) is 11.6. The number of hydrogen-bond donors (Lipinski definition) is 1. The zero-order valence-corrected chi connectivity index (χ0v) is 16.4. The average molecular weight is 487 g/mol. The predicted octanol–water partition coefficient (Wildman–Crippen LogP) is 4.37. The summed E-state index contributed by atoms with van der Waals surface area (Å²) in [5.41, 5.74) is 0.997. The maximum Gasteiger partial charge on any atom is 0.0921 e. The molecule has 0 aromatic carbocycles. The highest BCUT2D eigenvalue weighted by atomic mass is 127. The quantitative estimate of drug-likeness (QED) is 0.459. The van der Waals surface area contributed by atoms with E-state index in [1.54, 1.807) is 12.4 Å². The lowest BCUT2D eigenvalue weighted by Crippen LogP contribution is -2.25. The van der Waals surface area contributed by atoms with E-state index in [9.17, 15) is 4.21 Å². The summed E-state index contributed by atoms with van der Waals surface area (Å²) in [6.45, 7) is 2.09. The molecule has 0 amide bonds.